The van der Waals surface area contributed by atoms with Crippen LogP contribution < -0.4 is 5.32 Å². The topological polar surface area (TPSA) is 66.5 Å². The number of amides is 1. The highest BCUT2D eigenvalue weighted by molar-refractivity contribution is 7.83. The van der Waals surface area contributed by atoms with Crippen molar-refractivity contribution in [1.82, 2.24) is 4.31 Å². The van der Waals surface area contributed by atoms with E-state index in [0.29, 0.717) is 21.1 Å². The van der Waals surface area contributed by atoms with Gasteiger partial charge in [-0.2, -0.15) is 12.7 Å². The van der Waals surface area contributed by atoms with Gasteiger partial charge in [-0.3, -0.25) is 4.79 Å². The fourth-order valence-corrected chi connectivity index (χ4v) is 2.57. The lowest BCUT2D eigenvalue weighted by Gasteiger charge is -2.21. The second kappa shape index (κ2) is 6.89. The highest BCUT2D eigenvalue weighted by atomic mass is 32.3. The predicted molar refractivity (Wildman–Crippen MR) is 87.0 cm³/mol. The molecule has 0 fully saturated rings. The molecule has 0 spiro atoms. The predicted octanol–water partition coefficient (Wildman–Crippen LogP) is 3.15. The number of anilines is 1. The van der Waals surface area contributed by atoms with Crippen molar-refractivity contribution in [3.63, 3.8) is 0 Å². The van der Waals surface area contributed by atoms with Crippen LogP contribution in [0.5, 0.6) is 0 Å². The van der Waals surface area contributed by atoms with Crippen LogP contribution in [-0.2, 0) is 10.4 Å². The van der Waals surface area contributed by atoms with Gasteiger partial charge in [0, 0.05) is 24.3 Å². The molecule has 1 amide bonds. The van der Waals surface area contributed by atoms with Crippen LogP contribution in [0.4, 0.5) is 9.57 Å². The Balaban J connectivity index is 2.19. The van der Waals surface area contributed by atoms with E-state index in [0.717, 1.165) is 7.05 Å². The van der Waals surface area contributed by atoms with Crippen LogP contribution in [0.2, 0.25) is 0 Å². The van der Waals surface area contributed by atoms with E-state index in [4.69, 9.17) is 0 Å². The molecule has 1 atom stereocenters. The summed E-state index contributed by atoms with van der Waals surface area (Å²) in [5, 5.41) is 2.73. The summed E-state index contributed by atoms with van der Waals surface area (Å²) in [5.74, 6) is -0.276. The summed E-state index contributed by atoms with van der Waals surface area (Å²) in [7, 11) is -3.62. The monoisotopic (exact) mass is 336 g/mol. The fourth-order valence-electron chi connectivity index (χ4n) is 2.07. The van der Waals surface area contributed by atoms with Gasteiger partial charge in [0.05, 0.1) is 0 Å². The maximum Gasteiger partial charge on any atom is 0.375 e. The first-order valence-electron chi connectivity index (χ1n) is 6.93. The van der Waals surface area contributed by atoms with Crippen LogP contribution in [-0.4, -0.2) is 25.7 Å². The highest BCUT2D eigenvalue weighted by Gasteiger charge is 2.23. The average Bonchev–Trinajstić information content (AvgIpc) is 2.53. The number of carbonyl (C=O) groups excluding carboxylic acids is 1. The Morgan fingerprint density at radius 3 is 2.39 bits per heavy atom. The van der Waals surface area contributed by atoms with Crippen LogP contribution in [0.1, 0.15) is 28.9 Å². The smallest absolute Gasteiger partial charge is 0.322 e. The third-order valence-electron chi connectivity index (χ3n) is 3.55. The van der Waals surface area contributed by atoms with Crippen LogP contribution in [0.25, 0.3) is 0 Å². The van der Waals surface area contributed by atoms with Crippen LogP contribution >= 0.6 is 0 Å². The number of hydrogen-bond acceptors (Lipinski definition) is 3. The van der Waals surface area contributed by atoms with Crippen molar-refractivity contribution >= 4 is 22.0 Å². The lowest BCUT2D eigenvalue weighted by atomic mass is 10.1. The largest absolute Gasteiger partial charge is 0.375 e. The number of benzene rings is 2. The summed E-state index contributed by atoms with van der Waals surface area (Å²) < 4.78 is 35.7. The van der Waals surface area contributed by atoms with Crippen LogP contribution in [0.15, 0.2) is 54.6 Å². The SMILES string of the molecule is CC(c1cccc(NC(=O)c2ccccc2)c1)N(C)S(=O)(=O)F. The molecular weight excluding hydrogens is 319 g/mol. The third kappa shape index (κ3) is 4.37. The van der Waals surface area contributed by atoms with Gasteiger partial charge in [-0.05, 0) is 36.8 Å². The van der Waals surface area contributed by atoms with Gasteiger partial charge in [-0.1, -0.05) is 34.2 Å². The van der Waals surface area contributed by atoms with Crippen molar-refractivity contribution < 1.29 is 17.1 Å². The molecule has 0 aliphatic rings. The van der Waals surface area contributed by atoms with E-state index in [9.17, 15) is 17.1 Å². The first-order valence-corrected chi connectivity index (χ1v) is 8.27. The Kier molecular flexibility index (Phi) is 5.12. The number of nitrogens with zero attached hydrogens (tertiary/aromatic N) is 1. The third-order valence-corrected chi connectivity index (χ3v) is 4.56. The minimum Gasteiger partial charge on any atom is -0.322 e. The zero-order valence-electron chi connectivity index (χ0n) is 12.7. The highest BCUT2D eigenvalue weighted by Crippen LogP contribution is 2.24. The molecule has 2 aromatic rings. The summed E-state index contributed by atoms with van der Waals surface area (Å²) >= 11 is 0. The molecule has 5 nitrogen and oxygen atoms in total. The lowest BCUT2D eigenvalue weighted by molar-refractivity contribution is 0.102. The zero-order chi connectivity index (χ0) is 17.0. The summed E-state index contributed by atoms with van der Waals surface area (Å²) in [6.07, 6.45) is 0. The summed E-state index contributed by atoms with van der Waals surface area (Å²) in [6, 6.07) is 14.6. The van der Waals surface area contributed by atoms with Gasteiger partial charge in [0.15, 0.2) is 0 Å². The summed E-state index contributed by atoms with van der Waals surface area (Å²) in [5.41, 5.74) is 1.59. The summed E-state index contributed by atoms with van der Waals surface area (Å²) in [6.45, 7) is 1.56. The molecule has 7 heteroatoms. The Labute approximate surface area is 135 Å². The lowest BCUT2D eigenvalue weighted by Crippen LogP contribution is -2.26. The molecule has 0 saturated carbocycles. The molecule has 0 aliphatic heterocycles. The molecule has 23 heavy (non-hydrogen) atoms. The van der Waals surface area contributed by atoms with Crippen molar-refractivity contribution in [2.45, 2.75) is 13.0 Å². The van der Waals surface area contributed by atoms with E-state index in [1.165, 1.54) is 0 Å². The van der Waals surface area contributed by atoms with Gasteiger partial charge in [-0.25, -0.2) is 0 Å². The standard InChI is InChI=1S/C16H17FN2O3S/c1-12(19(2)23(17,21)22)14-9-6-10-15(11-14)18-16(20)13-7-4-3-5-8-13/h3-12H,1-2H3,(H,18,20). The molecule has 2 rings (SSSR count). The molecule has 0 aliphatic carbocycles. The Hall–Kier alpha value is -2.25. The molecular formula is C16H17FN2O3S. The van der Waals surface area contributed by atoms with Crippen LogP contribution in [0, 0.1) is 0 Å². The molecule has 0 saturated heterocycles. The molecule has 1 unspecified atom stereocenters. The van der Waals surface area contributed by atoms with Crippen molar-refractivity contribution in [1.29, 1.82) is 0 Å². The summed E-state index contributed by atoms with van der Waals surface area (Å²) in [4.78, 5) is 12.1. The zero-order valence-corrected chi connectivity index (χ0v) is 13.5. The number of carbonyl (C=O) groups is 1. The maximum absolute atomic E-state index is 13.1. The average molecular weight is 336 g/mol. The normalized spacial score (nSPS) is 12.9. The van der Waals surface area contributed by atoms with E-state index in [-0.39, 0.29) is 5.91 Å². The van der Waals surface area contributed by atoms with Gasteiger partial charge in [0.1, 0.15) is 0 Å². The Morgan fingerprint density at radius 1 is 1.13 bits per heavy atom. The Morgan fingerprint density at radius 2 is 1.78 bits per heavy atom. The molecule has 0 aromatic heterocycles. The molecule has 2 aromatic carbocycles. The second-order valence-corrected chi connectivity index (χ2v) is 6.48. The number of nitrogens with one attached hydrogen (secondary N) is 1. The van der Waals surface area contributed by atoms with E-state index in [1.807, 2.05) is 6.07 Å². The molecule has 1 N–H and O–H groups in total. The van der Waals surface area contributed by atoms with Crippen LogP contribution in [0.3, 0.4) is 0 Å². The van der Waals surface area contributed by atoms with Gasteiger partial charge in [0.25, 0.3) is 5.91 Å². The van der Waals surface area contributed by atoms with E-state index in [2.05, 4.69) is 5.32 Å². The van der Waals surface area contributed by atoms with E-state index >= 15 is 0 Å². The van der Waals surface area contributed by atoms with E-state index in [1.54, 1.807) is 55.5 Å². The quantitative estimate of drug-likeness (QED) is 0.853. The minimum absolute atomic E-state index is 0.276. The number of halogens is 1. The Bertz CT molecular complexity index is 794. The molecule has 0 bridgehead atoms. The molecule has 0 heterocycles. The number of hydrogen-bond donors (Lipinski definition) is 1. The minimum atomic E-state index is -4.78. The van der Waals surface area contributed by atoms with Gasteiger partial charge >= 0.3 is 10.4 Å². The van der Waals surface area contributed by atoms with Gasteiger partial charge < -0.3 is 5.32 Å². The van der Waals surface area contributed by atoms with Crippen molar-refractivity contribution in [2.75, 3.05) is 12.4 Å². The molecule has 122 valence electrons. The fraction of sp³-hybridized carbons (Fsp3) is 0.188. The van der Waals surface area contributed by atoms with Crippen molar-refractivity contribution in [2.24, 2.45) is 0 Å². The van der Waals surface area contributed by atoms with E-state index < -0.39 is 16.5 Å². The number of rotatable bonds is 5. The van der Waals surface area contributed by atoms with Gasteiger partial charge in [-0.15, -0.1) is 0 Å². The van der Waals surface area contributed by atoms with Crippen molar-refractivity contribution in [3.05, 3.63) is 65.7 Å². The molecule has 0 radical (unpaired) electrons. The first-order chi connectivity index (χ1) is 10.8. The van der Waals surface area contributed by atoms with Crippen molar-refractivity contribution in [3.8, 4) is 0 Å². The second-order valence-electron chi connectivity index (χ2n) is 5.08. The first kappa shape index (κ1) is 17.1. The van der Waals surface area contributed by atoms with Gasteiger partial charge in [0.2, 0.25) is 0 Å². The maximum atomic E-state index is 13.1.